The molecule has 5 nitrogen and oxygen atoms in total. The lowest BCUT2D eigenvalue weighted by Gasteiger charge is -2.31. The van der Waals surface area contributed by atoms with Gasteiger partial charge in [-0.1, -0.05) is 72.2 Å². The van der Waals surface area contributed by atoms with Gasteiger partial charge in [0.15, 0.2) is 5.78 Å². The Morgan fingerprint density at radius 2 is 1.67 bits per heavy atom. The second-order valence-corrected chi connectivity index (χ2v) is 7.46. The number of rotatable bonds is 8. The maximum Gasteiger partial charge on any atom is 0.243 e. The van der Waals surface area contributed by atoms with Gasteiger partial charge in [-0.05, 0) is 17.7 Å². The van der Waals surface area contributed by atoms with E-state index in [1.165, 1.54) is 38.1 Å². The fraction of sp³-hybridized carbons (Fsp3) is 0.300. The number of nitro groups is 1. The number of hydrogen-bond acceptors (Lipinski definition) is 4. The van der Waals surface area contributed by atoms with Crippen LogP contribution < -0.4 is 0 Å². The van der Waals surface area contributed by atoms with Crippen molar-refractivity contribution in [2.75, 3.05) is 6.54 Å². The van der Waals surface area contributed by atoms with Crippen LogP contribution in [-0.2, 0) is 4.79 Å². The summed E-state index contributed by atoms with van der Waals surface area (Å²) in [7, 11) is 0. The molecule has 142 valence electrons. The fourth-order valence-electron chi connectivity index (χ4n) is 2.97. The van der Waals surface area contributed by atoms with Crippen LogP contribution in [0.2, 0.25) is 0 Å². The number of nitrogens with zero attached hydrogens (tertiary/aromatic N) is 1. The van der Waals surface area contributed by atoms with E-state index in [-0.39, 0.29) is 11.1 Å². The summed E-state index contributed by atoms with van der Waals surface area (Å²) in [5.74, 6) is -4.38. The first-order chi connectivity index (χ1) is 12.7. The van der Waals surface area contributed by atoms with E-state index in [1.54, 1.807) is 30.3 Å². The molecule has 0 N–H and O–H groups in total. The summed E-state index contributed by atoms with van der Waals surface area (Å²) in [5, 5.41) is 11.3. The highest BCUT2D eigenvalue weighted by Gasteiger charge is 2.55. The molecular formula is C20H19BrFNO4. The molecule has 0 saturated heterocycles. The number of halogens is 2. The quantitative estimate of drug-likeness (QED) is 0.262. The summed E-state index contributed by atoms with van der Waals surface area (Å²) in [6, 6.07) is 13.7. The van der Waals surface area contributed by atoms with Crippen LogP contribution >= 0.6 is 15.9 Å². The maximum absolute atomic E-state index is 16.3. The van der Waals surface area contributed by atoms with Crippen LogP contribution in [0.25, 0.3) is 0 Å². The molecule has 0 bridgehead atoms. The Balaban J connectivity index is 2.66. The van der Waals surface area contributed by atoms with E-state index in [2.05, 4.69) is 15.9 Å². The monoisotopic (exact) mass is 435 g/mol. The highest BCUT2D eigenvalue weighted by atomic mass is 79.9. The summed E-state index contributed by atoms with van der Waals surface area (Å²) in [6.45, 7) is 2.06. The topological polar surface area (TPSA) is 77.3 Å². The van der Waals surface area contributed by atoms with Crippen LogP contribution in [0, 0.1) is 16.0 Å². The Kier molecular flexibility index (Phi) is 6.59. The zero-order chi connectivity index (χ0) is 20.2. The Morgan fingerprint density at radius 1 is 1.11 bits per heavy atom. The molecule has 7 heteroatoms. The minimum Gasteiger partial charge on any atom is -0.295 e. The summed E-state index contributed by atoms with van der Waals surface area (Å²) in [5.41, 5.74) is -2.83. The predicted molar refractivity (Wildman–Crippen MR) is 103 cm³/mol. The van der Waals surface area contributed by atoms with Crippen LogP contribution in [0.4, 0.5) is 4.39 Å². The molecule has 0 amide bonds. The van der Waals surface area contributed by atoms with E-state index in [4.69, 9.17) is 0 Å². The first kappa shape index (κ1) is 20.9. The van der Waals surface area contributed by atoms with Crippen molar-refractivity contribution in [3.05, 3.63) is 80.3 Å². The highest BCUT2D eigenvalue weighted by molar-refractivity contribution is 9.10. The van der Waals surface area contributed by atoms with Gasteiger partial charge in [-0.15, -0.1) is 0 Å². The number of ketones is 2. The molecule has 0 fully saturated rings. The first-order valence-electron chi connectivity index (χ1n) is 8.38. The second-order valence-electron chi connectivity index (χ2n) is 6.55. The largest absolute Gasteiger partial charge is 0.295 e. The van der Waals surface area contributed by atoms with Crippen LogP contribution in [0.5, 0.6) is 0 Å². The van der Waals surface area contributed by atoms with Crippen molar-refractivity contribution in [1.82, 2.24) is 0 Å². The average molecular weight is 436 g/mol. The summed E-state index contributed by atoms with van der Waals surface area (Å²) in [6.07, 6.45) is 0. The first-order valence-corrected chi connectivity index (χ1v) is 9.17. The van der Waals surface area contributed by atoms with Gasteiger partial charge in [-0.25, -0.2) is 4.39 Å². The van der Waals surface area contributed by atoms with Crippen molar-refractivity contribution in [2.45, 2.75) is 25.4 Å². The summed E-state index contributed by atoms with van der Waals surface area (Å²) >= 11 is 3.25. The number of benzene rings is 2. The normalized spacial score (nSPS) is 14.4. The third-order valence-corrected chi connectivity index (χ3v) is 4.86. The van der Waals surface area contributed by atoms with E-state index in [9.17, 15) is 19.7 Å². The molecule has 0 aliphatic rings. The lowest BCUT2D eigenvalue weighted by atomic mass is 9.73. The molecule has 0 saturated carbocycles. The van der Waals surface area contributed by atoms with Gasteiger partial charge >= 0.3 is 0 Å². The van der Waals surface area contributed by atoms with Gasteiger partial charge in [-0.2, -0.15) is 0 Å². The third-order valence-electron chi connectivity index (χ3n) is 4.33. The number of Topliss-reactive ketones (excluding diaryl/α,β-unsaturated/α-hetero) is 2. The van der Waals surface area contributed by atoms with Gasteiger partial charge in [0.25, 0.3) is 0 Å². The van der Waals surface area contributed by atoms with Gasteiger partial charge < -0.3 is 0 Å². The minimum absolute atomic E-state index is 0.000500. The summed E-state index contributed by atoms with van der Waals surface area (Å²) < 4.78 is 17.0. The molecule has 2 aromatic rings. The van der Waals surface area contributed by atoms with Crippen molar-refractivity contribution in [3.8, 4) is 0 Å². The van der Waals surface area contributed by atoms with Gasteiger partial charge in [-0.3, -0.25) is 19.7 Å². The molecular weight excluding hydrogens is 417 g/mol. The molecule has 0 spiro atoms. The highest BCUT2D eigenvalue weighted by Crippen LogP contribution is 2.38. The molecule has 0 unspecified atom stereocenters. The molecule has 2 atom stereocenters. The third kappa shape index (κ3) is 4.47. The zero-order valence-electron chi connectivity index (χ0n) is 14.9. The zero-order valence-corrected chi connectivity index (χ0v) is 16.5. The Bertz CT molecular complexity index is 839. The Hall–Kier alpha value is -2.41. The van der Waals surface area contributed by atoms with Crippen molar-refractivity contribution in [2.24, 2.45) is 5.92 Å². The number of carbonyl (C=O) groups is 2. The van der Waals surface area contributed by atoms with Crippen molar-refractivity contribution < 1.29 is 18.9 Å². The molecule has 2 rings (SSSR count). The van der Waals surface area contributed by atoms with E-state index >= 15 is 4.39 Å². The number of hydrogen-bond donors (Lipinski definition) is 0. The van der Waals surface area contributed by atoms with E-state index in [0.29, 0.717) is 4.47 Å². The van der Waals surface area contributed by atoms with Crippen LogP contribution in [0.15, 0.2) is 59.1 Å². The van der Waals surface area contributed by atoms with E-state index in [1.807, 2.05) is 0 Å². The predicted octanol–water partition coefficient (Wildman–Crippen LogP) is 4.63. The van der Waals surface area contributed by atoms with Crippen molar-refractivity contribution >= 4 is 27.5 Å². The molecule has 27 heavy (non-hydrogen) atoms. The number of alkyl halides is 1. The molecule has 2 aromatic carbocycles. The number of carbonyl (C=O) groups excluding carboxylic acids is 2. The van der Waals surface area contributed by atoms with Crippen LogP contribution in [0.3, 0.4) is 0 Å². The molecule has 0 aliphatic carbocycles. The standard InChI is InChI=1S/C20H19BrFNO4/c1-13(2)18(24)20(22,19(25)15-6-4-3-5-7-15)17(12-23(26)27)14-8-10-16(21)11-9-14/h3-11,13,17H,12H2,1-2H3/t17-,20+/m1/s1. The maximum atomic E-state index is 16.3. The average Bonchev–Trinajstić information content (AvgIpc) is 2.65. The van der Waals surface area contributed by atoms with Gasteiger partial charge in [0.05, 0.1) is 5.92 Å². The van der Waals surface area contributed by atoms with E-state index in [0.717, 1.165) is 0 Å². The van der Waals surface area contributed by atoms with Gasteiger partial charge in [0.1, 0.15) is 0 Å². The molecule has 0 aromatic heterocycles. The van der Waals surface area contributed by atoms with Crippen LogP contribution in [0.1, 0.15) is 35.7 Å². The van der Waals surface area contributed by atoms with Gasteiger partial charge in [0, 0.05) is 20.9 Å². The molecule has 0 heterocycles. The minimum atomic E-state index is -3.05. The SMILES string of the molecule is CC(C)C(=O)[C@](F)(C(=O)c1ccccc1)[C@H](C[N+](=O)[O-])c1ccc(Br)cc1. The lowest BCUT2D eigenvalue weighted by molar-refractivity contribution is -0.485. The smallest absolute Gasteiger partial charge is 0.243 e. The lowest BCUT2D eigenvalue weighted by Crippen LogP contribution is -2.51. The fourth-order valence-corrected chi connectivity index (χ4v) is 3.23. The van der Waals surface area contributed by atoms with Crippen LogP contribution in [-0.4, -0.2) is 28.7 Å². The second kappa shape index (κ2) is 8.52. The summed E-state index contributed by atoms with van der Waals surface area (Å²) in [4.78, 5) is 36.4. The molecule has 0 aliphatic heterocycles. The van der Waals surface area contributed by atoms with Crippen molar-refractivity contribution in [1.29, 1.82) is 0 Å². The van der Waals surface area contributed by atoms with Crippen molar-refractivity contribution in [3.63, 3.8) is 0 Å². The Labute approximate surface area is 164 Å². The Morgan fingerprint density at radius 3 is 2.15 bits per heavy atom. The van der Waals surface area contributed by atoms with Gasteiger partial charge in [0.2, 0.25) is 18.0 Å². The molecule has 0 radical (unpaired) electrons. The van der Waals surface area contributed by atoms with E-state index < -0.39 is 40.5 Å².